The van der Waals surface area contributed by atoms with Gasteiger partial charge in [-0.3, -0.25) is 4.79 Å². The number of Topliss-reactive ketones (excluding diaryl/α,β-unsaturated/α-hetero) is 1. The molecule has 3 nitrogen and oxygen atoms in total. The van der Waals surface area contributed by atoms with Crippen LogP contribution in [0.2, 0.25) is 0 Å². The van der Waals surface area contributed by atoms with Crippen LogP contribution in [0.15, 0.2) is 0 Å². The Kier molecular flexibility index (Phi) is 4.36. The smallest absolute Gasteiger partial charge is 0.138 e. The fourth-order valence-electron chi connectivity index (χ4n) is 2.66. The molecule has 1 atom stereocenters. The largest absolute Gasteiger partial charge is 0.381 e. The number of hydrogen-bond donors (Lipinski definition) is 0. The normalized spacial score (nSPS) is 34.4. The van der Waals surface area contributed by atoms with Crippen molar-refractivity contribution in [3.05, 3.63) is 0 Å². The quantitative estimate of drug-likeness (QED) is 0.721. The number of carbonyl (C=O) groups excluding carboxylic acids is 1. The summed E-state index contributed by atoms with van der Waals surface area (Å²) in [5.41, 5.74) is 0. The average Bonchev–Trinajstić information content (AvgIpc) is 2.27. The zero-order chi connectivity index (χ0) is 11.4. The summed E-state index contributed by atoms with van der Waals surface area (Å²) in [6.45, 7) is 4.31. The lowest BCUT2D eigenvalue weighted by molar-refractivity contribution is -0.130. The molecule has 0 aromatic rings. The lowest BCUT2D eigenvalue weighted by Gasteiger charge is -2.35. The Balaban J connectivity index is 1.64. The monoisotopic (exact) mass is 226 g/mol. The first-order valence-corrected chi connectivity index (χ1v) is 6.51. The van der Waals surface area contributed by atoms with Gasteiger partial charge in [-0.2, -0.15) is 0 Å². The van der Waals surface area contributed by atoms with Gasteiger partial charge in [0.2, 0.25) is 0 Å². The van der Waals surface area contributed by atoms with Crippen LogP contribution in [0.4, 0.5) is 0 Å². The van der Waals surface area contributed by atoms with E-state index in [0.29, 0.717) is 24.4 Å². The lowest BCUT2D eigenvalue weighted by Crippen LogP contribution is -2.35. The van der Waals surface area contributed by atoms with E-state index < -0.39 is 0 Å². The first-order valence-electron chi connectivity index (χ1n) is 6.51. The van der Waals surface area contributed by atoms with Crippen LogP contribution in [-0.2, 0) is 14.3 Å². The topological polar surface area (TPSA) is 35.5 Å². The Morgan fingerprint density at radius 2 is 2.25 bits per heavy atom. The van der Waals surface area contributed by atoms with Crippen molar-refractivity contribution in [2.45, 2.75) is 45.1 Å². The molecule has 1 aliphatic carbocycles. The van der Waals surface area contributed by atoms with Crippen molar-refractivity contribution in [1.29, 1.82) is 0 Å². The van der Waals surface area contributed by atoms with Crippen molar-refractivity contribution >= 4 is 5.78 Å². The molecule has 2 aliphatic rings. The third-order valence-electron chi connectivity index (χ3n) is 3.70. The molecule has 92 valence electrons. The van der Waals surface area contributed by atoms with Gasteiger partial charge >= 0.3 is 0 Å². The second-order valence-corrected chi connectivity index (χ2v) is 5.00. The molecule has 0 aromatic heterocycles. The summed E-state index contributed by atoms with van der Waals surface area (Å²) in [5, 5.41) is 0. The van der Waals surface area contributed by atoms with E-state index in [1.165, 1.54) is 0 Å². The van der Waals surface area contributed by atoms with Crippen molar-refractivity contribution < 1.29 is 14.3 Å². The first-order chi connectivity index (χ1) is 7.79. The van der Waals surface area contributed by atoms with Gasteiger partial charge in [-0.1, -0.05) is 0 Å². The molecular weight excluding hydrogens is 204 g/mol. The molecule has 0 aromatic carbocycles. The molecule has 0 bridgehead atoms. The SMILES string of the molecule is CCOC1CC(CC(=O)C2CCCOC2)C1. The highest BCUT2D eigenvalue weighted by Gasteiger charge is 2.33. The van der Waals surface area contributed by atoms with Crippen LogP contribution in [0.1, 0.15) is 39.0 Å². The van der Waals surface area contributed by atoms with Gasteiger partial charge in [0.1, 0.15) is 5.78 Å². The van der Waals surface area contributed by atoms with Crippen LogP contribution in [0.3, 0.4) is 0 Å². The van der Waals surface area contributed by atoms with Crippen LogP contribution in [0.5, 0.6) is 0 Å². The molecule has 0 amide bonds. The molecule has 2 fully saturated rings. The second-order valence-electron chi connectivity index (χ2n) is 5.00. The van der Waals surface area contributed by atoms with Gasteiger partial charge in [-0.05, 0) is 38.5 Å². The number of rotatable bonds is 5. The minimum Gasteiger partial charge on any atom is -0.381 e. The van der Waals surface area contributed by atoms with Gasteiger partial charge in [0, 0.05) is 25.6 Å². The van der Waals surface area contributed by atoms with Gasteiger partial charge < -0.3 is 9.47 Å². The number of ether oxygens (including phenoxy) is 2. The summed E-state index contributed by atoms with van der Waals surface area (Å²) < 4.78 is 10.8. The first kappa shape index (κ1) is 12.1. The summed E-state index contributed by atoms with van der Waals surface area (Å²) in [5.74, 6) is 1.17. The van der Waals surface area contributed by atoms with Crippen molar-refractivity contribution in [3.8, 4) is 0 Å². The molecule has 1 unspecified atom stereocenters. The standard InChI is InChI=1S/C13H22O3/c1-2-16-12-6-10(7-12)8-13(14)11-4-3-5-15-9-11/h10-12H,2-9H2,1H3. The molecule has 1 saturated heterocycles. The maximum absolute atomic E-state index is 11.9. The lowest BCUT2D eigenvalue weighted by atomic mass is 9.77. The van der Waals surface area contributed by atoms with Crippen molar-refractivity contribution in [1.82, 2.24) is 0 Å². The van der Waals surface area contributed by atoms with Crippen molar-refractivity contribution in [2.75, 3.05) is 19.8 Å². The Labute approximate surface area is 97.5 Å². The van der Waals surface area contributed by atoms with Gasteiger partial charge in [0.15, 0.2) is 0 Å². The molecule has 16 heavy (non-hydrogen) atoms. The van der Waals surface area contributed by atoms with Gasteiger partial charge in [0.05, 0.1) is 12.7 Å². The predicted molar refractivity (Wildman–Crippen MR) is 61.3 cm³/mol. The Hall–Kier alpha value is -0.410. The van der Waals surface area contributed by atoms with Crippen LogP contribution in [-0.4, -0.2) is 31.7 Å². The van der Waals surface area contributed by atoms with Crippen molar-refractivity contribution in [2.24, 2.45) is 11.8 Å². The highest BCUT2D eigenvalue weighted by atomic mass is 16.5. The summed E-state index contributed by atoms with van der Waals surface area (Å²) in [6, 6.07) is 0. The molecule has 2 rings (SSSR count). The van der Waals surface area contributed by atoms with E-state index in [1.807, 2.05) is 6.92 Å². The zero-order valence-electron chi connectivity index (χ0n) is 10.1. The Morgan fingerprint density at radius 3 is 2.88 bits per heavy atom. The fourth-order valence-corrected chi connectivity index (χ4v) is 2.66. The number of ketones is 1. The highest BCUT2D eigenvalue weighted by Crippen LogP contribution is 2.34. The molecule has 3 heteroatoms. The molecule has 0 spiro atoms. The minimum absolute atomic E-state index is 0.180. The number of hydrogen-bond acceptors (Lipinski definition) is 3. The van der Waals surface area contributed by atoms with Crippen LogP contribution in [0.25, 0.3) is 0 Å². The minimum atomic E-state index is 0.180. The molecular formula is C13H22O3. The average molecular weight is 226 g/mol. The third-order valence-corrected chi connectivity index (χ3v) is 3.70. The van der Waals surface area contributed by atoms with Crippen LogP contribution in [0, 0.1) is 11.8 Å². The summed E-state index contributed by atoms with van der Waals surface area (Å²) >= 11 is 0. The molecule has 1 aliphatic heterocycles. The molecule has 1 saturated carbocycles. The fraction of sp³-hybridized carbons (Fsp3) is 0.923. The summed E-state index contributed by atoms with van der Waals surface area (Å²) in [7, 11) is 0. The van der Waals surface area contributed by atoms with Gasteiger partial charge in [0.25, 0.3) is 0 Å². The summed E-state index contributed by atoms with van der Waals surface area (Å²) in [6.07, 6.45) is 5.39. The Morgan fingerprint density at radius 1 is 1.44 bits per heavy atom. The van der Waals surface area contributed by atoms with Crippen LogP contribution >= 0.6 is 0 Å². The van der Waals surface area contributed by atoms with E-state index in [1.54, 1.807) is 0 Å². The number of carbonyl (C=O) groups is 1. The zero-order valence-corrected chi connectivity index (χ0v) is 10.1. The Bertz CT molecular complexity index is 227. The van der Waals surface area contributed by atoms with E-state index >= 15 is 0 Å². The maximum atomic E-state index is 11.9. The third kappa shape index (κ3) is 3.05. The van der Waals surface area contributed by atoms with E-state index in [-0.39, 0.29) is 5.92 Å². The highest BCUT2D eigenvalue weighted by molar-refractivity contribution is 5.81. The van der Waals surface area contributed by atoms with Crippen LogP contribution < -0.4 is 0 Å². The van der Waals surface area contributed by atoms with E-state index in [4.69, 9.17) is 9.47 Å². The molecule has 0 N–H and O–H groups in total. The second kappa shape index (κ2) is 5.78. The van der Waals surface area contributed by atoms with Crippen molar-refractivity contribution in [3.63, 3.8) is 0 Å². The van der Waals surface area contributed by atoms with Gasteiger partial charge in [-0.25, -0.2) is 0 Å². The molecule has 1 heterocycles. The van der Waals surface area contributed by atoms with E-state index in [2.05, 4.69) is 0 Å². The maximum Gasteiger partial charge on any atom is 0.138 e. The predicted octanol–water partition coefficient (Wildman–Crippen LogP) is 2.19. The van der Waals surface area contributed by atoms with Gasteiger partial charge in [-0.15, -0.1) is 0 Å². The molecule has 0 radical (unpaired) electrons. The summed E-state index contributed by atoms with van der Waals surface area (Å²) in [4.78, 5) is 11.9. The van der Waals surface area contributed by atoms with E-state index in [0.717, 1.165) is 45.3 Å². The van der Waals surface area contributed by atoms with E-state index in [9.17, 15) is 4.79 Å².